The van der Waals surface area contributed by atoms with Crippen LogP contribution in [0.15, 0.2) is 36.4 Å². The third kappa shape index (κ3) is 1.80. The van der Waals surface area contributed by atoms with Crippen LogP contribution in [0.4, 0.5) is 10.1 Å². The minimum absolute atomic E-state index is 0.347. The Labute approximate surface area is 107 Å². The molecule has 0 saturated carbocycles. The van der Waals surface area contributed by atoms with Gasteiger partial charge in [-0.1, -0.05) is 11.6 Å². The maximum Gasteiger partial charge on any atom is 0.140 e. The van der Waals surface area contributed by atoms with E-state index >= 15 is 0 Å². The summed E-state index contributed by atoms with van der Waals surface area (Å²) < 4.78 is 13.0. The summed E-state index contributed by atoms with van der Waals surface area (Å²) in [6.45, 7) is 0. The third-order valence-corrected chi connectivity index (χ3v) is 2.95. The molecule has 3 rings (SSSR count). The SMILES string of the molecule is Nc1cc(F)ccc1-c1nc2ccc(Cl)cc2[nH]1. The topological polar surface area (TPSA) is 54.7 Å². The van der Waals surface area contributed by atoms with Crippen LogP contribution in [-0.4, -0.2) is 9.97 Å². The number of fused-ring (bicyclic) bond motifs is 1. The highest BCUT2D eigenvalue weighted by atomic mass is 35.5. The van der Waals surface area contributed by atoms with Crippen LogP contribution in [0.5, 0.6) is 0 Å². The molecule has 2 aromatic carbocycles. The first kappa shape index (κ1) is 11.0. The van der Waals surface area contributed by atoms with Gasteiger partial charge in [-0.3, -0.25) is 0 Å². The van der Waals surface area contributed by atoms with Gasteiger partial charge >= 0.3 is 0 Å². The molecule has 0 saturated heterocycles. The van der Waals surface area contributed by atoms with Crippen LogP contribution in [0.2, 0.25) is 5.02 Å². The fourth-order valence-electron chi connectivity index (χ4n) is 1.86. The largest absolute Gasteiger partial charge is 0.398 e. The molecular formula is C13H9ClFN3. The fraction of sp³-hybridized carbons (Fsp3) is 0. The predicted octanol–water partition coefficient (Wildman–Crippen LogP) is 3.60. The zero-order valence-corrected chi connectivity index (χ0v) is 10.0. The van der Waals surface area contributed by atoms with Crippen molar-refractivity contribution in [2.45, 2.75) is 0 Å². The lowest BCUT2D eigenvalue weighted by molar-refractivity contribution is 0.628. The van der Waals surface area contributed by atoms with E-state index in [2.05, 4.69) is 9.97 Å². The van der Waals surface area contributed by atoms with Crippen LogP contribution < -0.4 is 5.73 Å². The molecule has 3 N–H and O–H groups in total. The van der Waals surface area contributed by atoms with Crippen LogP contribution in [0, 0.1) is 5.82 Å². The lowest BCUT2D eigenvalue weighted by Crippen LogP contribution is -1.92. The maximum absolute atomic E-state index is 13.0. The van der Waals surface area contributed by atoms with Gasteiger partial charge in [-0.25, -0.2) is 9.37 Å². The number of rotatable bonds is 1. The van der Waals surface area contributed by atoms with Crippen molar-refractivity contribution in [1.82, 2.24) is 9.97 Å². The van der Waals surface area contributed by atoms with E-state index < -0.39 is 0 Å². The molecular weight excluding hydrogens is 253 g/mol. The molecule has 5 heteroatoms. The molecule has 1 heterocycles. The summed E-state index contributed by atoms with van der Waals surface area (Å²) in [5.74, 6) is 0.236. The molecule has 0 spiro atoms. The lowest BCUT2D eigenvalue weighted by atomic mass is 10.1. The summed E-state index contributed by atoms with van der Waals surface area (Å²) in [6.07, 6.45) is 0. The van der Waals surface area contributed by atoms with E-state index in [1.54, 1.807) is 18.2 Å². The Kier molecular flexibility index (Phi) is 2.45. The van der Waals surface area contributed by atoms with Gasteiger partial charge in [0.15, 0.2) is 0 Å². The average Bonchev–Trinajstić information content (AvgIpc) is 2.71. The standard InChI is InChI=1S/C13H9ClFN3/c14-7-1-4-11-12(5-7)18-13(17-11)9-3-2-8(15)6-10(9)16/h1-6H,16H2,(H,17,18). The molecule has 0 bridgehead atoms. The van der Waals surface area contributed by atoms with E-state index in [1.165, 1.54) is 12.1 Å². The first-order chi connectivity index (χ1) is 8.63. The summed E-state index contributed by atoms with van der Waals surface area (Å²) in [6, 6.07) is 9.60. The summed E-state index contributed by atoms with van der Waals surface area (Å²) in [5.41, 5.74) is 8.41. The Balaban J connectivity index is 2.19. The number of nitrogens with one attached hydrogen (secondary N) is 1. The van der Waals surface area contributed by atoms with Crippen LogP contribution in [-0.2, 0) is 0 Å². The Bertz CT molecular complexity index is 736. The molecule has 0 aliphatic heterocycles. The first-order valence-corrected chi connectivity index (χ1v) is 5.72. The molecule has 3 aromatic rings. The minimum atomic E-state index is -0.365. The molecule has 0 radical (unpaired) electrons. The summed E-state index contributed by atoms with van der Waals surface area (Å²) in [4.78, 5) is 7.51. The molecule has 0 aliphatic carbocycles. The molecule has 18 heavy (non-hydrogen) atoms. The van der Waals surface area contributed by atoms with Crippen LogP contribution in [0.1, 0.15) is 0 Å². The monoisotopic (exact) mass is 261 g/mol. The van der Waals surface area contributed by atoms with E-state index in [0.29, 0.717) is 22.1 Å². The molecule has 0 fully saturated rings. The second-order valence-electron chi connectivity index (χ2n) is 3.98. The van der Waals surface area contributed by atoms with Gasteiger partial charge < -0.3 is 10.7 Å². The van der Waals surface area contributed by atoms with Crippen molar-refractivity contribution in [3.63, 3.8) is 0 Å². The maximum atomic E-state index is 13.0. The quantitative estimate of drug-likeness (QED) is 0.658. The van der Waals surface area contributed by atoms with E-state index in [4.69, 9.17) is 17.3 Å². The van der Waals surface area contributed by atoms with Gasteiger partial charge in [0.05, 0.1) is 11.0 Å². The number of anilines is 1. The van der Waals surface area contributed by atoms with Crippen molar-refractivity contribution in [2.24, 2.45) is 0 Å². The number of benzene rings is 2. The Morgan fingerprint density at radius 3 is 2.78 bits per heavy atom. The van der Waals surface area contributed by atoms with Gasteiger partial charge in [-0.2, -0.15) is 0 Å². The highest BCUT2D eigenvalue weighted by molar-refractivity contribution is 6.31. The molecule has 0 aliphatic rings. The zero-order valence-electron chi connectivity index (χ0n) is 9.24. The summed E-state index contributed by atoms with van der Waals surface area (Å²) in [5, 5.41) is 0.629. The van der Waals surface area contributed by atoms with Gasteiger partial charge in [0, 0.05) is 16.3 Å². The van der Waals surface area contributed by atoms with Crippen molar-refractivity contribution in [1.29, 1.82) is 0 Å². The highest BCUT2D eigenvalue weighted by Crippen LogP contribution is 2.27. The molecule has 0 atom stereocenters. The van der Waals surface area contributed by atoms with Gasteiger partial charge in [0.25, 0.3) is 0 Å². The number of H-pyrrole nitrogens is 1. The van der Waals surface area contributed by atoms with E-state index in [1.807, 2.05) is 6.07 Å². The predicted molar refractivity (Wildman–Crippen MR) is 70.9 cm³/mol. The summed E-state index contributed by atoms with van der Waals surface area (Å²) >= 11 is 5.90. The smallest absolute Gasteiger partial charge is 0.140 e. The first-order valence-electron chi connectivity index (χ1n) is 5.34. The Morgan fingerprint density at radius 1 is 1.17 bits per heavy atom. The molecule has 0 amide bonds. The number of nitrogens with zero attached hydrogens (tertiary/aromatic N) is 1. The average molecular weight is 262 g/mol. The van der Waals surface area contributed by atoms with Crippen molar-refractivity contribution in [2.75, 3.05) is 5.73 Å². The third-order valence-electron chi connectivity index (χ3n) is 2.71. The zero-order chi connectivity index (χ0) is 12.7. The summed E-state index contributed by atoms with van der Waals surface area (Å²) in [7, 11) is 0. The fourth-order valence-corrected chi connectivity index (χ4v) is 2.03. The molecule has 90 valence electrons. The number of hydrogen-bond acceptors (Lipinski definition) is 2. The van der Waals surface area contributed by atoms with Gasteiger partial charge in [0.2, 0.25) is 0 Å². The number of imidazole rings is 1. The van der Waals surface area contributed by atoms with Crippen molar-refractivity contribution >= 4 is 28.3 Å². The lowest BCUT2D eigenvalue weighted by Gasteiger charge is -2.01. The van der Waals surface area contributed by atoms with Crippen LogP contribution >= 0.6 is 11.6 Å². The number of nitrogen functional groups attached to an aromatic ring is 1. The minimum Gasteiger partial charge on any atom is -0.398 e. The Hall–Kier alpha value is -2.07. The second kappa shape index (κ2) is 3.99. The van der Waals surface area contributed by atoms with Gasteiger partial charge in [-0.15, -0.1) is 0 Å². The van der Waals surface area contributed by atoms with Crippen molar-refractivity contribution in [3.05, 3.63) is 47.2 Å². The number of halogens is 2. The normalized spacial score (nSPS) is 11.0. The number of aromatic amines is 1. The molecule has 1 aromatic heterocycles. The van der Waals surface area contributed by atoms with Gasteiger partial charge in [-0.05, 0) is 36.4 Å². The van der Waals surface area contributed by atoms with Crippen molar-refractivity contribution < 1.29 is 4.39 Å². The number of hydrogen-bond donors (Lipinski definition) is 2. The van der Waals surface area contributed by atoms with Gasteiger partial charge in [0.1, 0.15) is 11.6 Å². The molecule has 0 unspecified atom stereocenters. The van der Waals surface area contributed by atoms with Crippen LogP contribution in [0.3, 0.4) is 0 Å². The highest BCUT2D eigenvalue weighted by Gasteiger charge is 2.09. The van der Waals surface area contributed by atoms with Crippen LogP contribution in [0.25, 0.3) is 22.4 Å². The van der Waals surface area contributed by atoms with Crippen molar-refractivity contribution in [3.8, 4) is 11.4 Å². The number of aromatic nitrogens is 2. The molecule has 3 nitrogen and oxygen atoms in total. The number of nitrogens with two attached hydrogens (primary N) is 1. The van der Waals surface area contributed by atoms with E-state index in [9.17, 15) is 4.39 Å². The van der Waals surface area contributed by atoms with E-state index in [-0.39, 0.29) is 5.82 Å². The second-order valence-corrected chi connectivity index (χ2v) is 4.41. The van der Waals surface area contributed by atoms with E-state index in [0.717, 1.165) is 11.0 Å². The Morgan fingerprint density at radius 2 is 2.00 bits per heavy atom.